The lowest BCUT2D eigenvalue weighted by Crippen LogP contribution is -2.17. The van der Waals surface area contributed by atoms with Crippen LogP contribution >= 0.6 is 22.9 Å². The van der Waals surface area contributed by atoms with Crippen LogP contribution in [0.1, 0.15) is 5.01 Å². The van der Waals surface area contributed by atoms with E-state index in [-0.39, 0.29) is 10.0 Å². The third-order valence-electron chi connectivity index (χ3n) is 3.45. The van der Waals surface area contributed by atoms with Crippen molar-refractivity contribution < 1.29 is 31.1 Å². The van der Waals surface area contributed by atoms with Gasteiger partial charge in [-0.05, 0) is 48.5 Å². The Morgan fingerprint density at radius 2 is 1.63 bits per heavy atom. The summed E-state index contributed by atoms with van der Waals surface area (Å²) in [4.78, 5) is -0.250. The average molecular weight is 480 g/mol. The molecule has 2 aromatic carbocycles. The fraction of sp³-hybridized carbons (Fsp3) is 0.176. The molecule has 3 aromatic rings. The number of nitrogens with one attached hydrogen (secondary N) is 1. The SMILES string of the molecule is O=S(=O)(Nc1nnc(CCOc2ccc(Cl)cc2)s1)c1ccc(OC(F)(F)F)cc1. The first kappa shape index (κ1) is 22.1. The van der Waals surface area contributed by atoms with Gasteiger partial charge in [-0.1, -0.05) is 22.9 Å². The van der Waals surface area contributed by atoms with E-state index in [9.17, 15) is 21.6 Å². The predicted molar refractivity (Wildman–Crippen MR) is 104 cm³/mol. The Balaban J connectivity index is 1.56. The zero-order chi connectivity index (χ0) is 21.8. The fourth-order valence-electron chi connectivity index (χ4n) is 2.18. The molecule has 3 rings (SSSR count). The maximum atomic E-state index is 12.4. The zero-order valence-electron chi connectivity index (χ0n) is 14.9. The molecule has 1 heterocycles. The molecular formula is C17H13ClF3N3O4S2. The van der Waals surface area contributed by atoms with Gasteiger partial charge in [0.1, 0.15) is 16.5 Å². The van der Waals surface area contributed by atoms with E-state index in [1.807, 2.05) is 0 Å². The molecule has 0 aliphatic rings. The van der Waals surface area contributed by atoms with E-state index >= 15 is 0 Å². The second-order valence-electron chi connectivity index (χ2n) is 5.68. The lowest BCUT2D eigenvalue weighted by atomic mass is 10.3. The Labute approximate surface area is 178 Å². The van der Waals surface area contributed by atoms with Crippen LogP contribution in [-0.4, -0.2) is 31.6 Å². The molecule has 30 heavy (non-hydrogen) atoms. The smallest absolute Gasteiger partial charge is 0.493 e. The first-order chi connectivity index (χ1) is 14.1. The minimum absolute atomic E-state index is 0.0205. The average Bonchev–Trinajstić information content (AvgIpc) is 3.09. The molecule has 0 fully saturated rings. The summed E-state index contributed by atoms with van der Waals surface area (Å²) in [6.07, 6.45) is -4.47. The molecule has 0 aliphatic heterocycles. The third kappa shape index (κ3) is 6.47. The number of benzene rings is 2. The summed E-state index contributed by atoms with van der Waals surface area (Å²) in [5.74, 6) is 0.100. The summed E-state index contributed by atoms with van der Waals surface area (Å²) in [5.41, 5.74) is 0. The second-order valence-corrected chi connectivity index (χ2v) is 8.86. The van der Waals surface area contributed by atoms with E-state index in [0.717, 1.165) is 35.6 Å². The first-order valence-electron chi connectivity index (χ1n) is 8.20. The topological polar surface area (TPSA) is 90.4 Å². The lowest BCUT2D eigenvalue weighted by Gasteiger charge is -2.09. The molecule has 0 aliphatic carbocycles. The maximum absolute atomic E-state index is 12.4. The zero-order valence-corrected chi connectivity index (χ0v) is 17.3. The molecule has 0 unspecified atom stereocenters. The number of alkyl halides is 3. The molecule has 0 radical (unpaired) electrons. The molecular weight excluding hydrogens is 467 g/mol. The molecule has 7 nitrogen and oxygen atoms in total. The molecule has 13 heteroatoms. The van der Waals surface area contributed by atoms with Crippen molar-refractivity contribution in [3.8, 4) is 11.5 Å². The van der Waals surface area contributed by atoms with Gasteiger partial charge in [0, 0.05) is 11.4 Å². The van der Waals surface area contributed by atoms with Crippen molar-refractivity contribution in [3.63, 3.8) is 0 Å². The van der Waals surface area contributed by atoms with Crippen molar-refractivity contribution in [2.75, 3.05) is 11.3 Å². The van der Waals surface area contributed by atoms with Crippen LogP contribution < -0.4 is 14.2 Å². The molecule has 0 saturated heterocycles. The number of halogens is 4. The van der Waals surface area contributed by atoms with Crippen molar-refractivity contribution in [1.82, 2.24) is 10.2 Å². The van der Waals surface area contributed by atoms with Crippen LogP contribution in [-0.2, 0) is 16.4 Å². The van der Waals surface area contributed by atoms with Gasteiger partial charge in [-0.2, -0.15) is 0 Å². The van der Waals surface area contributed by atoms with E-state index in [1.165, 1.54) is 0 Å². The van der Waals surface area contributed by atoms with Crippen molar-refractivity contribution in [2.24, 2.45) is 0 Å². The van der Waals surface area contributed by atoms with Gasteiger partial charge in [-0.25, -0.2) is 8.42 Å². The fourth-order valence-corrected chi connectivity index (χ4v) is 4.25. The third-order valence-corrected chi connectivity index (χ3v) is 6.09. The highest BCUT2D eigenvalue weighted by molar-refractivity contribution is 7.93. The Kier molecular flexibility index (Phi) is 6.68. The minimum atomic E-state index is -4.86. The molecule has 160 valence electrons. The van der Waals surface area contributed by atoms with E-state index in [0.29, 0.717) is 28.8 Å². The quantitative estimate of drug-likeness (QED) is 0.511. The largest absolute Gasteiger partial charge is 0.573 e. The molecule has 0 saturated carbocycles. The highest BCUT2D eigenvalue weighted by Crippen LogP contribution is 2.25. The van der Waals surface area contributed by atoms with Gasteiger partial charge in [0.05, 0.1) is 11.5 Å². The van der Waals surface area contributed by atoms with E-state index in [4.69, 9.17) is 16.3 Å². The predicted octanol–water partition coefficient (Wildman–Crippen LogP) is 4.51. The highest BCUT2D eigenvalue weighted by Gasteiger charge is 2.31. The normalized spacial score (nSPS) is 11.9. The van der Waals surface area contributed by atoms with Gasteiger partial charge in [-0.3, -0.25) is 4.72 Å². The number of hydrogen-bond donors (Lipinski definition) is 1. The minimum Gasteiger partial charge on any atom is -0.493 e. The van der Waals surface area contributed by atoms with Gasteiger partial charge in [0.2, 0.25) is 5.13 Å². The Morgan fingerprint density at radius 1 is 1.00 bits per heavy atom. The van der Waals surface area contributed by atoms with E-state index in [2.05, 4.69) is 19.7 Å². The second kappa shape index (κ2) is 9.06. The standard InChI is InChI=1S/C17H13ClF3N3O4S2/c18-11-1-3-12(4-2-11)27-10-9-15-22-23-16(29-15)24-30(25,26)14-7-5-13(6-8-14)28-17(19,20)21/h1-8H,9-10H2,(H,23,24). The molecule has 0 atom stereocenters. The van der Waals surface area contributed by atoms with Crippen LogP contribution in [0, 0.1) is 0 Å². The van der Waals surface area contributed by atoms with Crippen molar-refractivity contribution >= 4 is 38.1 Å². The van der Waals surface area contributed by atoms with Crippen molar-refractivity contribution in [2.45, 2.75) is 17.7 Å². The van der Waals surface area contributed by atoms with Crippen LogP contribution in [0.4, 0.5) is 18.3 Å². The first-order valence-corrected chi connectivity index (χ1v) is 10.9. The number of anilines is 1. The summed E-state index contributed by atoms with van der Waals surface area (Å²) >= 11 is 6.81. The number of aromatic nitrogens is 2. The summed E-state index contributed by atoms with van der Waals surface area (Å²) in [5, 5.41) is 8.80. The maximum Gasteiger partial charge on any atom is 0.573 e. The van der Waals surface area contributed by atoms with E-state index in [1.54, 1.807) is 24.3 Å². The van der Waals surface area contributed by atoms with E-state index < -0.39 is 22.1 Å². The summed E-state index contributed by atoms with van der Waals surface area (Å²) in [7, 11) is -4.05. The van der Waals surface area contributed by atoms with Crippen molar-refractivity contribution in [1.29, 1.82) is 0 Å². The number of nitrogens with zero attached hydrogens (tertiary/aromatic N) is 2. The number of sulfonamides is 1. The Morgan fingerprint density at radius 3 is 2.27 bits per heavy atom. The lowest BCUT2D eigenvalue weighted by molar-refractivity contribution is -0.274. The highest BCUT2D eigenvalue weighted by atomic mass is 35.5. The van der Waals surface area contributed by atoms with Crippen LogP contribution in [0.25, 0.3) is 0 Å². The molecule has 0 spiro atoms. The van der Waals surface area contributed by atoms with Crippen LogP contribution in [0.3, 0.4) is 0 Å². The summed E-state index contributed by atoms with van der Waals surface area (Å²) in [6.45, 7) is 0.295. The number of hydrogen-bond acceptors (Lipinski definition) is 7. The van der Waals surface area contributed by atoms with Gasteiger partial charge >= 0.3 is 6.36 Å². The monoisotopic (exact) mass is 479 g/mol. The number of ether oxygens (including phenoxy) is 2. The van der Waals surface area contributed by atoms with Gasteiger partial charge in [-0.15, -0.1) is 23.4 Å². The van der Waals surface area contributed by atoms with Crippen LogP contribution in [0.5, 0.6) is 11.5 Å². The summed E-state index contributed by atoms with van der Waals surface area (Å²) < 4.78 is 72.8. The van der Waals surface area contributed by atoms with Gasteiger partial charge < -0.3 is 9.47 Å². The molecule has 1 N–H and O–H groups in total. The molecule has 0 amide bonds. The number of rotatable bonds is 8. The molecule has 1 aromatic heterocycles. The van der Waals surface area contributed by atoms with Gasteiger partial charge in [0.15, 0.2) is 0 Å². The Bertz CT molecular complexity index is 1090. The summed E-state index contributed by atoms with van der Waals surface area (Å²) in [6, 6.07) is 10.6. The molecule has 0 bridgehead atoms. The van der Waals surface area contributed by atoms with Crippen LogP contribution in [0.15, 0.2) is 53.4 Å². The Hall–Kier alpha value is -2.57. The van der Waals surface area contributed by atoms with Crippen LogP contribution in [0.2, 0.25) is 5.02 Å². The van der Waals surface area contributed by atoms with Crippen molar-refractivity contribution in [3.05, 3.63) is 58.6 Å². The van der Waals surface area contributed by atoms with Gasteiger partial charge in [0.25, 0.3) is 10.0 Å².